The van der Waals surface area contributed by atoms with Crippen LogP contribution in [0.4, 0.5) is 22.0 Å². The molecular formula is C23H30Cl2F5N3O3S. The molecule has 14 heteroatoms. The average molecular weight is 594 g/mol. The fraction of sp³-hybridized carbons (Fsp3) is 0.696. The van der Waals surface area contributed by atoms with Gasteiger partial charge in [0.05, 0.1) is 10.6 Å². The molecule has 0 N–H and O–H groups in total. The van der Waals surface area contributed by atoms with Crippen molar-refractivity contribution in [3.8, 4) is 0 Å². The summed E-state index contributed by atoms with van der Waals surface area (Å²) in [5, 5.41) is -0.302. The summed E-state index contributed by atoms with van der Waals surface area (Å²) in [5.74, 6) is -3.25. The van der Waals surface area contributed by atoms with Crippen molar-refractivity contribution in [2.75, 3.05) is 39.3 Å². The minimum Gasteiger partial charge on any atom is -0.295 e. The molecule has 2 saturated heterocycles. The molecule has 1 saturated carbocycles. The minimum absolute atomic E-state index is 0. The van der Waals surface area contributed by atoms with Crippen LogP contribution in [0.15, 0.2) is 18.2 Å². The number of halogens is 7. The smallest absolute Gasteiger partial charge is 0.295 e. The molecule has 1 aliphatic carbocycles. The van der Waals surface area contributed by atoms with Gasteiger partial charge in [0.2, 0.25) is 5.92 Å². The number of piperazine rings is 1. The van der Waals surface area contributed by atoms with Crippen molar-refractivity contribution in [3.63, 3.8) is 0 Å². The maximum Gasteiger partial charge on any atom is 0.416 e. The lowest BCUT2D eigenvalue weighted by Crippen LogP contribution is -2.61. The normalized spacial score (nSPS) is 23.2. The second-order valence-corrected chi connectivity index (χ2v) is 12.2. The second kappa shape index (κ2) is 11.2. The summed E-state index contributed by atoms with van der Waals surface area (Å²) >= 11 is 5.98. The van der Waals surface area contributed by atoms with E-state index in [4.69, 9.17) is 11.6 Å². The molecule has 0 spiro atoms. The lowest BCUT2D eigenvalue weighted by atomic mass is 9.74. The third kappa shape index (κ3) is 6.58. The molecule has 6 nitrogen and oxygen atoms in total. The predicted molar refractivity (Wildman–Crippen MR) is 132 cm³/mol. The van der Waals surface area contributed by atoms with Gasteiger partial charge in [-0.25, -0.2) is 8.78 Å². The van der Waals surface area contributed by atoms with E-state index in [0.717, 1.165) is 18.6 Å². The Morgan fingerprint density at radius 1 is 0.946 bits per heavy atom. The third-order valence-electron chi connectivity index (χ3n) is 7.70. The number of carbonyl (C=O) groups excluding carboxylic acids is 1. The fourth-order valence-electron chi connectivity index (χ4n) is 5.28. The van der Waals surface area contributed by atoms with Gasteiger partial charge in [-0.3, -0.25) is 9.69 Å². The highest BCUT2D eigenvalue weighted by Crippen LogP contribution is 2.45. The average Bonchev–Trinajstić information content (AvgIpc) is 2.76. The van der Waals surface area contributed by atoms with Gasteiger partial charge in [0, 0.05) is 69.6 Å². The van der Waals surface area contributed by atoms with Crippen LogP contribution in [0, 0.1) is 0 Å². The highest BCUT2D eigenvalue weighted by Gasteiger charge is 2.48. The molecule has 1 aromatic carbocycles. The van der Waals surface area contributed by atoms with Crippen LogP contribution < -0.4 is 0 Å². The Labute approximate surface area is 224 Å². The van der Waals surface area contributed by atoms with E-state index >= 15 is 0 Å². The Hall–Kier alpha value is -1.05. The number of benzene rings is 1. The van der Waals surface area contributed by atoms with Crippen molar-refractivity contribution < 1.29 is 35.2 Å². The zero-order valence-electron chi connectivity index (χ0n) is 20.1. The van der Waals surface area contributed by atoms with Crippen molar-refractivity contribution in [2.24, 2.45) is 0 Å². The SMILES string of the molecule is Cl.O=C(CCC1(N2CCN(S(=O)(=O)N3CCC3)CC2)CCC(F)(F)CC1)c1ccc(C(F)(F)F)cc1Cl. The van der Waals surface area contributed by atoms with Crippen molar-refractivity contribution in [1.82, 2.24) is 13.5 Å². The van der Waals surface area contributed by atoms with Crippen LogP contribution in [0.5, 0.6) is 0 Å². The molecule has 4 rings (SSSR count). The van der Waals surface area contributed by atoms with E-state index in [1.807, 2.05) is 4.90 Å². The van der Waals surface area contributed by atoms with Crippen LogP contribution in [0.25, 0.3) is 0 Å². The van der Waals surface area contributed by atoms with Crippen LogP contribution >= 0.6 is 24.0 Å². The van der Waals surface area contributed by atoms with Gasteiger partial charge >= 0.3 is 6.18 Å². The molecule has 1 aromatic rings. The molecule has 0 bridgehead atoms. The Balaban J connectivity index is 0.00000380. The molecule has 0 aromatic heterocycles. The van der Waals surface area contributed by atoms with Gasteiger partial charge in [0.15, 0.2) is 5.78 Å². The number of ketones is 1. The van der Waals surface area contributed by atoms with Gasteiger partial charge in [0.25, 0.3) is 10.2 Å². The minimum atomic E-state index is -4.59. The van der Waals surface area contributed by atoms with Gasteiger partial charge in [-0.15, -0.1) is 12.4 Å². The first kappa shape index (κ1) is 30.5. The molecule has 2 heterocycles. The molecule has 3 fully saturated rings. The summed E-state index contributed by atoms with van der Waals surface area (Å²) in [4.78, 5) is 14.9. The molecule has 2 aliphatic heterocycles. The van der Waals surface area contributed by atoms with Crippen molar-refractivity contribution in [2.45, 2.75) is 62.6 Å². The first-order chi connectivity index (χ1) is 16.7. The van der Waals surface area contributed by atoms with E-state index in [2.05, 4.69) is 0 Å². The summed E-state index contributed by atoms with van der Waals surface area (Å²) in [6, 6.07) is 2.56. The number of Topliss-reactive ketones (excluding diaryl/α,β-unsaturated/α-hetero) is 1. The molecule has 0 amide bonds. The maximum absolute atomic E-state index is 14.0. The van der Waals surface area contributed by atoms with Crippen LogP contribution in [0.1, 0.15) is 60.9 Å². The summed E-state index contributed by atoms with van der Waals surface area (Å²) < 4.78 is 95.1. The Kier molecular flexibility index (Phi) is 9.24. The van der Waals surface area contributed by atoms with E-state index in [1.54, 1.807) is 0 Å². The van der Waals surface area contributed by atoms with E-state index in [0.29, 0.717) is 32.2 Å². The largest absolute Gasteiger partial charge is 0.416 e. The maximum atomic E-state index is 14.0. The number of hydrogen-bond donors (Lipinski definition) is 0. The van der Waals surface area contributed by atoms with Crippen LogP contribution in [0.3, 0.4) is 0 Å². The summed E-state index contributed by atoms with van der Waals surface area (Å²) in [5.41, 5.74) is -1.71. The number of alkyl halides is 5. The highest BCUT2D eigenvalue weighted by atomic mass is 35.5. The van der Waals surface area contributed by atoms with Crippen LogP contribution in [0.2, 0.25) is 5.02 Å². The summed E-state index contributed by atoms with van der Waals surface area (Å²) in [7, 11) is -3.53. The lowest BCUT2D eigenvalue weighted by molar-refractivity contribution is -0.137. The van der Waals surface area contributed by atoms with Gasteiger partial charge in [-0.05, 0) is 43.9 Å². The monoisotopic (exact) mass is 593 g/mol. The first-order valence-electron chi connectivity index (χ1n) is 12.0. The predicted octanol–water partition coefficient (Wildman–Crippen LogP) is 5.26. The fourth-order valence-corrected chi connectivity index (χ4v) is 7.24. The third-order valence-corrected chi connectivity index (χ3v) is 10.1. The number of carbonyl (C=O) groups is 1. The van der Waals surface area contributed by atoms with Crippen molar-refractivity contribution in [3.05, 3.63) is 34.3 Å². The van der Waals surface area contributed by atoms with Gasteiger partial charge in [-0.2, -0.15) is 30.2 Å². The van der Waals surface area contributed by atoms with Gasteiger partial charge < -0.3 is 0 Å². The molecule has 3 aliphatic rings. The molecule has 0 radical (unpaired) electrons. The Bertz CT molecular complexity index is 1080. The zero-order valence-corrected chi connectivity index (χ0v) is 22.5. The summed E-state index contributed by atoms with van der Waals surface area (Å²) in [6.45, 7) is 2.17. The lowest BCUT2D eigenvalue weighted by Gasteiger charge is -2.51. The molecule has 210 valence electrons. The summed E-state index contributed by atoms with van der Waals surface area (Å²) in [6.07, 6.45) is -3.98. The Morgan fingerprint density at radius 2 is 1.51 bits per heavy atom. The standard InChI is InChI=1S/C23H29ClF5N3O3S.ClH/c24-19-16-17(23(27,28)29)2-3-18(19)20(33)4-5-21(6-8-22(25,26)9-7-21)30-12-14-32(15-13-30)36(34,35)31-10-1-11-31;/h2-3,16H,1,4-15H2;1H. The number of hydrogen-bond acceptors (Lipinski definition) is 4. The molecule has 0 atom stereocenters. The molecular weight excluding hydrogens is 564 g/mol. The van der Waals surface area contributed by atoms with Crippen LogP contribution in [-0.4, -0.2) is 78.4 Å². The Morgan fingerprint density at radius 3 is 2.00 bits per heavy atom. The van der Waals surface area contributed by atoms with E-state index in [9.17, 15) is 35.2 Å². The number of rotatable bonds is 7. The van der Waals surface area contributed by atoms with Crippen LogP contribution in [-0.2, 0) is 16.4 Å². The van der Waals surface area contributed by atoms with Crippen molar-refractivity contribution >= 4 is 40.0 Å². The van der Waals surface area contributed by atoms with E-state index in [-0.39, 0.29) is 74.6 Å². The van der Waals surface area contributed by atoms with E-state index < -0.39 is 39.2 Å². The van der Waals surface area contributed by atoms with Gasteiger partial charge in [0.1, 0.15) is 0 Å². The topological polar surface area (TPSA) is 60.9 Å². The van der Waals surface area contributed by atoms with Crippen molar-refractivity contribution in [1.29, 1.82) is 0 Å². The first-order valence-corrected chi connectivity index (χ1v) is 13.8. The molecule has 37 heavy (non-hydrogen) atoms. The zero-order chi connectivity index (χ0) is 26.4. The van der Waals surface area contributed by atoms with E-state index in [1.165, 1.54) is 8.61 Å². The number of nitrogens with zero attached hydrogens (tertiary/aromatic N) is 3. The highest BCUT2D eigenvalue weighted by molar-refractivity contribution is 7.86. The second-order valence-electron chi connectivity index (χ2n) is 9.84. The quantitative estimate of drug-likeness (QED) is 0.320. The molecule has 0 unspecified atom stereocenters. The van der Waals surface area contributed by atoms with Gasteiger partial charge in [-0.1, -0.05) is 11.6 Å².